The number of esters is 2. The van der Waals surface area contributed by atoms with Gasteiger partial charge in [-0.15, -0.1) is 0 Å². The molecule has 2 rings (SSSR count). The van der Waals surface area contributed by atoms with E-state index in [2.05, 4.69) is 30.1 Å². The van der Waals surface area contributed by atoms with Gasteiger partial charge in [-0.1, -0.05) is 76.6 Å². The predicted molar refractivity (Wildman–Crippen MR) is 149 cm³/mol. The Labute approximate surface area is 262 Å². The second kappa shape index (κ2) is 21.6. The Kier molecular flexibility index (Phi) is 19.7. The van der Waals surface area contributed by atoms with Gasteiger partial charge in [-0.3, -0.25) is 4.79 Å². The third-order valence-corrected chi connectivity index (χ3v) is 5.26. The van der Waals surface area contributed by atoms with Crippen LogP contribution in [0.5, 0.6) is 0 Å². The molecule has 0 saturated carbocycles. The molecule has 0 aliphatic rings. The van der Waals surface area contributed by atoms with Crippen LogP contribution in [-0.2, 0) is 46.1 Å². The summed E-state index contributed by atoms with van der Waals surface area (Å²) in [6.07, 6.45) is -13.5. The molecule has 0 bridgehead atoms. The Bertz CT molecular complexity index is 1150. The van der Waals surface area contributed by atoms with E-state index in [0.717, 1.165) is 5.56 Å². The van der Waals surface area contributed by atoms with Gasteiger partial charge in [-0.05, 0) is 31.4 Å². The second-order valence-electron chi connectivity index (χ2n) is 8.28. The maximum Gasteiger partial charge on any atom is 0.509 e. The van der Waals surface area contributed by atoms with E-state index in [4.69, 9.17) is 14.6 Å². The van der Waals surface area contributed by atoms with Crippen LogP contribution in [0.1, 0.15) is 25.0 Å². The predicted octanol–water partition coefficient (Wildman–Crippen LogP) is 6.68. The normalized spacial score (nSPS) is 12.0. The zero-order chi connectivity index (χ0) is 34.5. The van der Waals surface area contributed by atoms with Crippen LogP contribution in [0.15, 0.2) is 60.7 Å². The highest BCUT2D eigenvalue weighted by molar-refractivity contribution is 9.10. The Morgan fingerprint density at radius 2 is 1.11 bits per heavy atom. The lowest BCUT2D eigenvalue weighted by molar-refractivity contribution is -0.170. The lowest BCUT2D eigenvalue weighted by atomic mass is 10.1. The first-order chi connectivity index (χ1) is 21.0. The monoisotopic (exact) mass is 720 g/mol. The SMILES string of the molecule is CCOC(=O)C(Br)Cc1ccccc1.CCOC(=O)C(Cc1ccccc1)OC(=O)OCC(F)(F)F.O=C(O)OCC(F)(F)F. The molecular formula is C28H31BrF6O10. The number of rotatable bonds is 11. The zero-order valence-electron chi connectivity index (χ0n) is 23.9. The summed E-state index contributed by atoms with van der Waals surface area (Å²) in [5.41, 5.74) is 1.78. The van der Waals surface area contributed by atoms with E-state index < -0.39 is 50.0 Å². The topological polar surface area (TPSA) is 135 Å². The number of carbonyl (C=O) groups is 4. The van der Waals surface area contributed by atoms with Gasteiger partial charge in [-0.25, -0.2) is 14.4 Å². The van der Waals surface area contributed by atoms with Crippen molar-refractivity contribution in [2.24, 2.45) is 0 Å². The van der Waals surface area contributed by atoms with Gasteiger partial charge in [0.1, 0.15) is 4.83 Å². The number of halogens is 7. The Hall–Kier alpha value is -4.02. The van der Waals surface area contributed by atoms with Crippen molar-refractivity contribution < 1.29 is 74.3 Å². The molecule has 252 valence electrons. The fourth-order valence-electron chi connectivity index (χ4n) is 2.81. The molecule has 17 heteroatoms. The maximum absolute atomic E-state index is 12.0. The van der Waals surface area contributed by atoms with Crippen molar-refractivity contribution in [2.75, 3.05) is 26.4 Å². The minimum Gasteiger partial charge on any atom is -0.465 e. The molecule has 0 radical (unpaired) electrons. The number of ether oxygens (including phenoxy) is 5. The van der Waals surface area contributed by atoms with Gasteiger partial charge in [0.2, 0.25) is 6.10 Å². The van der Waals surface area contributed by atoms with E-state index in [-0.39, 0.29) is 23.8 Å². The zero-order valence-corrected chi connectivity index (χ0v) is 25.5. The molecule has 0 aliphatic carbocycles. The summed E-state index contributed by atoms with van der Waals surface area (Å²) < 4.78 is 90.3. The van der Waals surface area contributed by atoms with Gasteiger partial charge >= 0.3 is 36.6 Å². The molecular weight excluding hydrogens is 690 g/mol. The number of alkyl halides is 7. The molecule has 2 atom stereocenters. The van der Waals surface area contributed by atoms with E-state index in [1.54, 1.807) is 44.2 Å². The van der Waals surface area contributed by atoms with Gasteiger partial charge in [0.25, 0.3) is 0 Å². The van der Waals surface area contributed by atoms with Crippen LogP contribution >= 0.6 is 15.9 Å². The van der Waals surface area contributed by atoms with Crippen molar-refractivity contribution in [1.29, 1.82) is 0 Å². The smallest absolute Gasteiger partial charge is 0.465 e. The van der Waals surface area contributed by atoms with E-state index in [9.17, 15) is 45.5 Å². The van der Waals surface area contributed by atoms with Crippen molar-refractivity contribution in [3.8, 4) is 0 Å². The molecule has 0 spiro atoms. The third-order valence-electron chi connectivity index (χ3n) is 4.56. The molecule has 1 N–H and O–H groups in total. The Morgan fingerprint density at radius 3 is 1.51 bits per heavy atom. The van der Waals surface area contributed by atoms with Crippen LogP contribution < -0.4 is 0 Å². The van der Waals surface area contributed by atoms with Crippen molar-refractivity contribution in [2.45, 2.75) is 50.0 Å². The van der Waals surface area contributed by atoms with Crippen molar-refractivity contribution in [1.82, 2.24) is 0 Å². The van der Waals surface area contributed by atoms with Crippen LogP contribution in [0.4, 0.5) is 35.9 Å². The summed E-state index contributed by atoms with van der Waals surface area (Å²) in [6, 6.07) is 18.4. The van der Waals surface area contributed by atoms with Gasteiger partial charge in [0.05, 0.1) is 13.2 Å². The highest BCUT2D eigenvalue weighted by Crippen LogP contribution is 2.16. The molecule has 0 amide bonds. The van der Waals surface area contributed by atoms with Crippen LogP contribution in [0, 0.1) is 0 Å². The van der Waals surface area contributed by atoms with Crippen molar-refractivity contribution in [3.63, 3.8) is 0 Å². The van der Waals surface area contributed by atoms with E-state index >= 15 is 0 Å². The highest BCUT2D eigenvalue weighted by Gasteiger charge is 2.32. The molecule has 0 fully saturated rings. The molecule has 0 heterocycles. The van der Waals surface area contributed by atoms with Crippen LogP contribution in [0.25, 0.3) is 0 Å². The van der Waals surface area contributed by atoms with Crippen LogP contribution in [0.2, 0.25) is 0 Å². The molecule has 0 aliphatic heterocycles. The largest absolute Gasteiger partial charge is 0.509 e. The summed E-state index contributed by atoms with van der Waals surface area (Å²) in [7, 11) is 0. The van der Waals surface area contributed by atoms with Crippen LogP contribution in [-0.4, -0.2) is 79.1 Å². The molecule has 2 aromatic carbocycles. The van der Waals surface area contributed by atoms with Crippen LogP contribution in [0.3, 0.4) is 0 Å². The lowest BCUT2D eigenvalue weighted by Gasteiger charge is -2.16. The minimum atomic E-state index is -4.67. The maximum atomic E-state index is 12.0. The molecule has 2 unspecified atom stereocenters. The highest BCUT2D eigenvalue weighted by atomic mass is 79.9. The molecule has 10 nitrogen and oxygen atoms in total. The third kappa shape index (κ3) is 23.1. The first-order valence-corrected chi connectivity index (χ1v) is 13.8. The average molecular weight is 721 g/mol. The first kappa shape index (κ1) is 41.0. The number of hydrogen-bond acceptors (Lipinski definition) is 9. The fourth-order valence-corrected chi connectivity index (χ4v) is 3.31. The number of benzene rings is 2. The summed E-state index contributed by atoms with van der Waals surface area (Å²) in [4.78, 5) is 43.3. The molecule has 0 saturated heterocycles. The Morgan fingerprint density at radius 1 is 0.689 bits per heavy atom. The van der Waals surface area contributed by atoms with Gasteiger partial charge < -0.3 is 28.8 Å². The fraction of sp³-hybridized carbons (Fsp3) is 0.429. The number of hydrogen-bond donors (Lipinski definition) is 1. The lowest BCUT2D eigenvalue weighted by Crippen LogP contribution is -2.32. The van der Waals surface area contributed by atoms with Crippen molar-refractivity contribution >= 4 is 40.2 Å². The molecule has 2 aromatic rings. The standard InChI is InChI=1S/C14H15F3O5.C11H13BrO2.C3H3F3O3/c1-2-20-12(18)11(8-10-6-4-3-5-7-10)22-13(19)21-9-14(15,16)17;1-2-14-11(13)10(12)8-9-6-4-3-5-7-9;4-3(5,6)1-9-2(7)8/h3-7,11H,2,8-9H2,1H3;3-7,10H,2,8H2,1H3;1H2,(H,7,8). The van der Waals surface area contributed by atoms with E-state index in [1.807, 2.05) is 30.3 Å². The summed E-state index contributed by atoms with van der Waals surface area (Å²) in [5.74, 6) is -1.05. The summed E-state index contributed by atoms with van der Waals surface area (Å²) in [5, 5.41) is 7.55. The Balaban J connectivity index is 0.000000717. The number of carbonyl (C=O) groups excluding carboxylic acids is 3. The second-order valence-corrected chi connectivity index (χ2v) is 9.39. The number of carboxylic acid groups (broad SMARTS) is 1. The summed E-state index contributed by atoms with van der Waals surface area (Å²) in [6.45, 7) is 0.301. The van der Waals surface area contributed by atoms with E-state index in [1.165, 1.54) is 0 Å². The minimum absolute atomic E-state index is 0.0270. The first-order valence-electron chi connectivity index (χ1n) is 12.8. The van der Waals surface area contributed by atoms with E-state index in [0.29, 0.717) is 18.6 Å². The summed E-state index contributed by atoms with van der Waals surface area (Å²) >= 11 is 3.31. The quantitative estimate of drug-likeness (QED) is 0.116. The van der Waals surface area contributed by atoms with Gasteiger partial charge in [0, 0.05) is 6.42 Å². The van der Waals surface area contributed by atoms with Gasteiger partial charge in [0.15, 0.2) is 13.2 Å². The van der Waals surface area contributed by atoms with Gasteiger partial charge in [-0.2, -0.15) is 26.3 Å². The molecule has 0 aromatic heterocycles. The average Bonchev–Trinajstić information content (AvgIpc) is 2.96. The molecule has 45 heavy (non-hydrogen) atoms. The van der Waals surface area contributed by atoms with Crippen molar-refractivity contribution in [3.05, 3.63) is 71.8 Å².